The van der Waals surface area contributed by atoms with E-state index in [0.717, 1.165) is 31.6 Å². The third kappa shape index (κ3) is 2.03. The van der Waals surface area contributed by atoms with Crippen molar-refractivity contribution in [3.05, 3.63) is 17.5 Å². The second-order valence-electron chi connectivity index (χ2n) is 4.36. The molecule has 0 aromatic carbocycles. The minimum atomic E-state index is 0.0654. The molecular weight excluding hydrogens is 190 g/mol. The van der Waals surface area contributed by atoms with Crippen molar-refractivity contribution < 1.29 is 4.79 Å². The highest BCUT2D eigenvalue weighted by Gasteiger charge is 2.21. The van der Waals surface area contributed by atoms with Crippen LogP contribution in [0, 0.1) is 0 Å². The van der Waals surface area contributed by atoms with Crippen LogP contribution < -0.4 is 0 Å². The molecule has 4 heteroatoms. The van der Waals surface area contributed by atoms with Crippen molar-refractivity contribution in [2.45, 2.75) is 32.6 Å². The summed E-state index contributed by atoms with van der Waals surface area (Å²) in [5.41, 5.74) is 1.58. The molecule has 0 atom stereocenters. The van der Waals surface area contributed by atoms with Crippen molar-refractivity contribution in [2.75, 3.05) is 13.1 Å². The van der Waals surface area contributed by atoms with E-state index < -0.39 is 0 Å². The molecule has 2 rings (SSSR count). The summed E-state index contributed by atoms with van der Waals surface area (Å²) in [4.78, 5) is 13.8. The van der Waals surface area contributed by atoms with Gasteiger partial charge in [0.25, 0.3) is 5.91 Å². The Morgan fingerprint density at radius 2 is 2.13 bits per heavy atom. The number of likely N-dealkylation sites (tertiary alicyclic amines) is 1. The maximum atomic E-state index is 11.9. The molecule has 15 heavy (non-hydrogen) atoms. The normalized spacial score (nSPS) is 16.3. The second-order valence-corrected chi connectivity index (χ2v) is 4.36. The number of amides is 1. The Balaban J connectivity index is 2.11. The summed E-state index contributed by atoms with van der Waals surface area (Å²) in [6.07, 6.45) is 2.24. The molecule has 1 saturated heterocycles. The zero-order valence-electron chi connectivity index (χ0n) is 9.29. The monoisotopic (exact) mass is 207 g/mol. The van der Waals surface area contributed by atoms with E-state index in [1.807, 2.05) is 11.0 Å². The van der Waals surface area contributed by atoms with Gasteiger partial charge in [-0.2, -0.15) is 5.10 Å². The summed E-state index contributed by atoms with van der Waals surface area (Å²) in [5, 5.41) is 6.98. The third-order valence-electron chi connectivity index (χ3n) is 2.83. The van der Waals surface area contributed by atoms with Gasteiger partial charge in [-0.05, 0) is 24.8 Å². The van der Waals surface area contributed by atoms with Gasteiger partial charge < -0.3 is 4.90 Å². The molecule has 1 fully saturated rings. The molecule has 4 nitrogen and oxygen atoms in total. The van der Waals surface area contributed by atoms with Crippen LogP contribution in [0.3, 0.4) is 0 Å². The largest absolute Gasteiger partial charge is 0.337 e. The summed E-state index contributed by atoms with van der Waals surface area (Å²) in [7, 11) is 0. The summed E-state index contributed by atoms with van der Waals surface area (Å²) in [6.45, 7) is 5.92. The van der Waals surface area contributed by atoms with Crippen LogP contribution in [0.5, 0.6) is 0 Å². The standard InChI is InChI=1S/C11H17N3O/c1-8(2)9-7-10(13-12-9)11(15)14-5-3-4-6-14/h7-8H,3-6H2,1-2H3,(H,12,13). The molecule has 82 valence electrons. The first-order chi connectivity index (χ1) is 7.18. The fourth-order valence-corrected chi connectivity index (χ4v) is 1.82. The number of nitrogens with zero attached hydrogens (tertiary/aromatic N) is 2. The minimum Gasteiger partial charge on any atom is -0.337 e. The van der Waals surface area contributed by atoms with Crippen molar-refractivity contribution in [3.63, 3.8) is 0 Å². The molecule has 1 amide bonds. The van der Waals surface area contributed by atoms with Gasteiger partial charge in [0.1, 0.15) is 5.69 Å². The Labute approximate surface area is 89.7 Å². The maximum absolute atomic E-state index is 11.9. The number of H-pyrrole nitrogens is 1. The van der Waals surface area contributed by atoms with Gasteiger partial charge >= 0.3 is 0 Å². The number of aromatic amines is 1. The molecule has 1 aliphatic heterocycles. The molecule has 0 aliphatic carbocycles. The summed E-state index contributed by atoms with van der Waals surface area (Å²) in [6, 6.07) is 1.87. The molecule has 2 heterocycles. The predicted octanol–water partition coefficient (Wildman–Crippen LogP) is 1.77. The van der Waals surface area contributed by atoms with E-state index >= 15 is 0 Å². The molecule has 1 N–H and O–H groups in total. The number of hydrogen-bond donors (Lipinski definition) is 1. The molecule has 0 bridgehead atoms. The Bertz CT molecular complexity index is 350. The average Bonchev–Trinajstić information content (AvgIpc) is 2.88. The lowest BCUT2D eigenvalue weighted by atomic mass is 10.1. The number of hydrogen-bond acceptors (Lipinski definition) is 2. The lowest BCUT2D eigenvalue weighted by Crippen LogP contribution is -2.27. The lowest BCUT2D eigenvalue weighted by molar-refractivity contribution is 0.0787. The van der Waals surface area contributed by atoms with Gasteiger partial charge in [0.2, 0.25) is 0 Å². The second kappa shape index (κ2) is 4.04. The quantitative estimate of drug-likeness (QED) is 0.803. The fourth-order valence-electron chi connectivity index (χ4n) is 1.82. The van der Waals surface area contributed by atoms with Gasteiger partial charge in [-0.3, -0.25) is 9.89 Å². The van der Waals surface area contributed by atoms with E-state index in [-0.39, 0.29) is 5.91 Å². The zero-order valence-corrected chi connectivity index (χ0v) is 9.29. The SMILES string of the molecule is CC(C)c1cc(C(=O)N2CCCC2)n[nH]1. The molecule has 1 aliphatic rings. The van der Waals surface area contributed by atoms with Crippen LogP contribution in [0.4, 0.5) is 0 Å². The van der Waals surface area contributed by atoms with Crippen molar-refractivity contribution >= 4 is 5.91 Å². The molecule has 0 radical (unpaired) electrons. The number of rotatable bonds is 2. The van der Waals surface area contributed by atoms with Crippen LogP contribution in [0.1, 0.15) is 48.8 Å². The smallest absolute Gasteiger partial charge is 0.274 e. The van der Waals surface area contributed by atoms with Gasteiger partial charge in [-0.15, -0.1) is 0 Å². The molecule has 1 aromatic heterocycles. The minimum absolute atomic E-state index is 0.0654. The number of aromatic nitrogens is 2. The van der Waals surface area contributed by atoms with E-state index in [1.54, 1.807) is 0 Å². The van der Waals surface area contributed by atoms with Crippen molar-refractivity contribution in [1.29, 1.82) is 0 Å². The summed E-state index contributed by atoms with van der Waals surface area (Å²) < 4.78 is 0. The Morgan fingerprint density at radius 3 is 2.67 bits per heavy atom. The van der Waals surface area contributed by atoms with E-state index in [1.165, 1.54) is 0 Å². The van der Waals surface area contributed by atoms with Crippen molar-refractivity contribution in [3.8, 4) is 0 Å². The van der Waals surface area contributed by atoms with Gasteiger partial charge in [-0.25, -0.2) is 0 Å². The number of carbonyl (C=O) groups is 1. The van der Waals surface area contributed by atoms with E-state index in [2.05, 4.69) is 24.0 Å². The van der Waals surface area contributed by atoms with E-state index in [0.29, 0.717) is 11.6 Å². The molecule has 1 aromatic rings. The predicted molar refractivity (Wildman–Crippen MR) is 57.8 cm³/mol. The van der Waals surface area contributed by atoms with E-state index in [4.69, 9.17) is 0 Å². The van der Waals surface area contributed by atoms with Crippen LogP contribution in [0.2, 0.25) is 0 Å². The molecule has 0 spiro atoms. The van der Waals surface area contributed by atoms with Crippen LogP contribution in [-0.2, 0) is 0 Å². The van der Waals surface area contributed by atoms with Gasteiger partial charge in [0, 0.05) is 18.8 Å². The number of carbonyl (C=O) groups excluding carboxylic acids is 1. The third-order valence-corrected chi connectivity index (χ3v) is 2.83. The fraction of sp³-hybridized carbons (Fsp3) is 0.636. The zero-order chi connectivity index (χ0) is 10.8. The van der Waals surface area contributed by atoms with Gasteiger partial charge in [0.05, 0.1) is 0 Å². The highest BCUT2D eigenvalue weighted by atomic mass is 16.2. The first-order valence-electron chi connectivity index (χ1n) is 5.53. The van der Waals surface area contributed by atoms with Crippen LogP contribution in [-0.4, -0.2) is 34.1 Å². The Hall–Kier alpha value is -1.32. The molecular formula is C11H17N3O. The highest BCUT2D eigenvalue weighted by molar-refractivity contribution is 5.92. The van der Waals surface area contributed by atoms with Crippen molar-refractivity contribution in [1.82, 2.24) is 15.1 Å². The van der Waals surface area contributed by atoms with Crippen molar-refractivity contribution in [2.24, 2.45) is 0 Å². The highest BCUT2D eigenvalue weighted by Crippen LogP contribution is 2.15. The van der Waals surface area contributed by atoms with Gasteiger partial charge in [-0.1, -0.05) is 13.8 Å². The van der Waals surface area contributed by atoms with E-state index in [9.17, 15) is 4.79 Å². The number of nitrogens with one attached hydrogen (secondary N) is 1. The first kappa shape index (κ1) is 10.2. The first-order valence-corrected chi connectivity index (χ1v) is 5.53. The summed E-state index contributed by atoms with van der Waals surface area (Å²) >= 11 is 0. The average molecular weight is 207 g/mol. The topological polar surface area (TPSA) is 49.0 Å². The lowest BCUT2D eigenvalue weighted by Gasteiger charge is -2.12. The molecule has 0 saturated carbocycles. The van der Waals surface area contributed by atoms with Gasteiger partial charge in [0.15, 0.2) is 0 Å². The van der Waals surface area contributed by atoms with Crippen LogP contribution >= 0.6 is 0 Å². The van der Waals surface area contributed by atoms with Crippen LogP contribution in [0.15, 0.2) is 6.07 Å². The Kier molecular flexibility index (Phi) is 2.75. The maximum Gasteiger partial charge on any atom is 0.274 e. The van der Waals surface area contributed by atoms with Crippen LogP contribution in [0.25, 0.3) is 0 Å². The molecule has 0 unspecified atom stereocenters. The Morgan fingerprint density at radius 1 is 1.47 bits per heavy atom. The summed E-state index contributed by atoms with van der Waals surface area (Å²) in [5.74, 6) is 0.452.